The van der Waals surface area contributed by atoms with Crippen molar-refractivity contribution in [1.29, 1.82) is 0 Å². The number of nitrogens with zero attached hydrogens (tertiary/aromatic N) is 3. The summed E-state index contributed by atoms with van der Waals surface area (Å²) in [6.45, 7) is 6.00. The second-order valence-corrected chi connectivity index (χ2v) is 10.1. The summed E-state index contributed by atoms with van der Waals surface area (Å²) in [5.74, 6) is -0.0891. The number of aromatic nitrogens is 1. The van der Waals surface area contributed by atoms with E-state index in [0.29, 0.717) is 43.3 Å². The number of hydrogen-bond acceptors (Lipinski definition) is 5. The van der Waals surface area contributed by atoms with E-state index in [-0.39, 0.29) is 10.7 Å². The molecule has 0 N–H and O–H groups in total. The third-order valence-corrected chi connectivity index (χ3v) is 8.16. The first-order valence-corrected chi connectivity index (χ1v) is 12.0. The highest BCUT2D eigenvalue weighted by atomic mass is 35.5. The number of sulfonamides is 1. The number of carbonyl (C=O) groups excluding carboxylic acids is 1. The van der Waals surface area contributed by atoms with Gasteiger partial charge in [0.15, 0.2) is 5.78 Å². The van der Waals surface area contributed by atoms with Crippen molar-refractivity contribution in [2.45, 2.75) is 25.3 Å². The summed E-state index contributed by atoms with van der Waals surface area (Å²) in [5, 5.41) is 1.71. The molecule has 31 heavy (non-hydrogen) atoms. The van der Waals surface area contributed by atoms with Crippen LogP contribution in [-0.2, 0) is 16.6 Å². The van der Waals surface area contributed by atoms with Gasteiger partial charge in [-0.15, -0.1) is 0 Å². The van der Waals surface area contributed by atoms with Crippen LogP contribution in [0.5, 0.6) is 0 Å². The molecule has 3 aromatic rings. The van der Waals surface area contributed by atoms with Gasteiger partial charge in [-0.05, 0) is 37.6 Å². The molecular weight excluding hydrogens is 434 g/mol. The average molecular weight is 458 g/mol. The summed E-state index contributed by atoms with van der Waals surface area (Å²) in [4.78, 5) is 18.5. The second-order valence-electron chi connectivity index (χ2n) is 7.78. The van der Waals surface area contributed by atoms with Crippen molar-refractivity contribution in [3.63, 3.8) is 0 Å². The van der Waals surface area contributed by atoms with Gasteiger partial charge in [0.2, 0.25) is 10.0 Å². The van der Waals surface area contributed by atoms with Crippen LogP contribution in [0.1, 0.15) is 28.5 Å². The Morgan fingerprint density at radius 1 is 1.03 bits per heavy atom. The first-order chi connectivity index (χ1) is 14.8. The second kappa shape index (κ2) is 8.67. The lowest BCUT2D eigenvalue weighted by atomic mass is 10.1. The van der Waals surface area contributed by atoms with Gasteiger partial charge in [0.25, 0.3) is 0 Å². The number of para-hydroxylation sites is 1. The topological polar surface area (TPSA) is 70.6 Å². The smallest absolute Gasteiger partial charge is 0.243 e. The number of Topliss-reactive ketones (excluding diaryl/α,β-unsaturated/α-hetero) is 1. The van der Waals surface area contributed by atoms with Crippen molar-refractivity contribution in [1.82, 2.24) is 14.2 Å². The van der Waals surface area contributed by atoms with E-state index in [4.69, 9.17) is 16.6 Å². The van der Waals surface area contributed by atoms with E-state index in [1.807, 2.05) is 31.2 Å². The molecular formula is C23H24ClN3O3S. The summed E-state index contributed by atoms with van der Waals surface area (Å²) in [7, 11) is -3.59. The molecule has 1 aliphatic rings. The van der Waals surface area contributed by atoms with Crippen LogP contribution in [0.4, 0.5) is 0 Å². The van der Waals surface area contributed by atoms with Crippen molar-refractivity contribution >= 4 is 38.3 Å². The number of pyridine rings is 1. The van der Waals surface area contributed by atoms with Gasteiger partial charge in [0.1, 0.15) is 0 Å². The number of hydrogen-bond donors (Lipinski definition) is 0. The number of fused-ring (bicyclic) bond motifs is 1. The van der Waals surface area contributed by atoms with Gasteiger partial charge in [-0.3, -0.25) is 9.69 Å². The van der Waals surface area contributed by atoms with Gasteiger partial charge in [-0.25, -0.2) is 13.4 Å². The van der Waals surface area contributed by atoms with Crippen molar-refractivity contribution in [3.8, 4) is 0 Å². The van der Waals surface area contributed by atoms with Gasteiger partial charge < -0.3 is 0 Å². The number of piperazine rings is 1. The largest absolute Gasteiger partial charge is 0.295 e. The maximum Gasteiger partial charge on any atom is 0.243 e. The van der Waals surface area contributed by atoms with Gasteiger partial charge in [-0.1, -0.05) is 41.9 Å². The summed E-state index contributed by atoms with van der Waals surface area (Å²) >= 11 is 6.59. The number of halogens is 1. The van der Waals surface area contributed by atoms with E-state index in [9.17, 15) is 13.2 Å². The van der Waals surface area contributed by atoms with Crippen molar-refractivity contribution in [2.24, 2.45) is 0 Å². The third kappa shape index (κ3) is 4.36. The van der Waals surface area contributed by atoms with Crippen LogP contribution in [0.15, 0.2) is 53.4 Å². The molecule has 0 radical (unpaired) electrons. The molecule has 0 spiro atoms. The predicted octanol–water partition coefficient (Wildman–Crippen LogP) is 3.91. The molecule has 0 bridgehead atoms. The molecule has 0 unspecified atom stereocenters. The number of benzene rings is 2. The van der Waals surface area contributed by atoms with Crippen LogP contribution >= 0.6 is 11.6 Å². The van der Waals surface area contributed by atoms with Crippen molar-refractivity contribution in [3.05, 3.63) is 70.4 Å². The fraction of sp³-hybridized carbons (Fsp3) is 0.304. The Morgan fingerprint density at radius 2 is 1.68 bits per heavy atom. The standard InChI is InChI=1S/C23H24ClN3O3S/c1-16-20-5-3-4-6-21(20)25-22(23(16)24)15-26-11-13-27(14-12-26)31(29,30)19-9-7-18(8-10-19)17(2)28/h3-10H,11-15H2,1-2H3. The maximum atomic E-state index is 13.0. The van der Waals surface area contributed by atoms with Gasteiger partial charge in [-0.2, -0.15) is 4.31 Å². The Bertz CT molecular complexity index is 1230. The van der Waals surface area contributed by atoms with Gasteiger partial charge >= 0.3 is 0 Å². The summed E-state index contributed by atoms with van der Waals surface area (Å²) in [6.07, 6.45) is 0. The van der Waals surface area contributed by atoms with E-state index in [1.54, 1.807) is 12.1 Å². The molecule has 162 valence electrons. The lowest BCUT2D eigenvalue weighted by Gasteiger charge is -2.34. The zero-order valence-corrected chi connectivity index (χ0v) is 19.1. The SMILES string of the molecule is CC(=O)c1ccc(S(=O)(=O)N2CCN(Cc3nc4ccccc4c(C)c3Cl)CC2)cc1. The Kier molecular flexibility index (Phi) is 6.12. The molecule has 0 aliphatic carbocycles. The Balaban J connectivity index is 1.46. The minimum Gasteiger partial charge on any atom is -0.295 e. The highest BCUT2D eigenvalue weighted by Crippen LogP contribution is 2.28. The fourth-order valence-corrected chi connectivity index (χ4v) is 5.50. The molecule has 1 aromatic heterocycles. The summed E-state index contributed by atoms with van der Waals surface area (Å²) < 4.78 is 27.4. The summed E-state index contributed by atoms with van der Waals surface area (Å²) in [5.41, 5.74) is 3.24. The monoisotopic (exact) mass is 457 g/mol. The highest BCUT2D eigenvalue weighted by Gasteiger charge is 2.29. The van der Waals surface area contributed by atoms with Crippen molar-refractivity contribution < 1.29 is 13.2 Å². The van der Waals surface area contributed by atoms with Crippen LogP contribution in [0.25, 0.3) is 10.9 Å². The minimum absolute atomic E-state index is 0.0891. The molecule has 8 heteroatoms. The Morgan fingerprint density at radius 3 is 2.32 bits per heavy atom. The van der Waals surface area contributed by atoms with Crippen LogP contribution < -0.4 is 0 Å². The van der Waals surface area contributed by atoms with Crippen LogP contribution in [-0.4, -0.2) is 54.6 Å². The van der Waals surface area contributed by atoms with E-state index in [2.05, 4.69) is 4.90 Å². The predicted molar refractivity (Wildman–Crippen MR) is 122 cm³/mol. The normalized spacial score (nSPS) is 16.0. The van der Waals surface area contributed by atoms with Gasteiger partial charge in [0, 0.05) is 43.7 Å². The number of ketones is 1. The Hall–Kier alpha value is -2.32. The quantitative estimate of drug-likeness (QED) is 0.543. The van der Waals surface area contributed by atoms with Crippen molar-refractivity contribution in [2.75, 3.05) is 26.2 Å². The first kappa shape index (κ1) is 21.9. The maximum absolute atomic E-state index is 13.0. The van der Waals surface area contributed by atoms with E-state index >= 15 is 0 Å². The highest BCUT2D eigenvalue weighted by molar-refractivity contribution is 7.89. The molecule has 1 saturated heterocycles. The molecule has 0 atom stereocenters. The zero-order chi connectivity index (χ0) is 22.2. The molecule has 1 fully saturated rings. The zero-order valence-electron chi connectivity index (χ0n) is 17.5. The van der Waals surface area contributed by atoms with Gasteiger partial charge in [0.05, 0.1) is 21.1 Å². The summed E-state index contributed by atoms with van der Waals surface area (Å²) in [6, 6.07) is 14.0. The lowest BCUT2D eigenvalue weighted by Crippen LogP contribution is -2.48. The molecule has 0 amide bonds. The van der Waals surface area contributed by atoms with Crippen LogP contribution in [0, 0.1) is 6.92 Å². The van der Waals surface area contributed by atoms with E-state index in [0.717, 1.165) is 22.2 Å². The first-order valence-electron chi connectivity index (χ1n) is 10.1. The third-order valence-electron chi connectivity index (χ3n) is 5.75. The molecule has 0 saturated carbocycles. The molecule has 2 heterocycles. The molecule has 6 nitrogen and oxygen atoms in total. The Labute approximate surface area is 187 Å². The van der Waals surface area contributed by atoms with E-state index < -0.39 is 10.0 Å². The molecule has 4 rings (SSSR count). The average Bonchev–Trinajstić information content (AvgIpc) is 2.78. The van der Waals surface area contributed by atoms with Crippen LogP contribution in [0.2, 0.25) is 5.02 Å². The number of rotatable bonds is 5. The molecule has 2 aromatic carbocycles. The number of aryl methyl sites for hydroxylation is 1. The van der Waals surface area contributed by atoms with Crippen LogP contribution in [0.3, 0.4) is 0 Å². The lowest BCUT2D eigenvalue weighted by molar-refractivity contribution is 0.101. The number of carbonyl (C=O) groups is 1. The van der Waals surface area contributed by atoms with E-state index in [1.165, 1.54) is 23.4 Å². The molecule has 1 aliphatic heterocycles. The minimum atomic E-state index is -3.59. The fourth-order valence-electron chi connectivity index (χ4n) is 3.87.